The second kappa shape index (κ2) is 13.7. The minimum absolute atomic E-state index is 0.0465. The van der Waals surface area contributed by atoms with Crippen molar-refractivity contribution in [3.8, 4) is 11.5 Å². The summed E-state index contributed by atoms with van der Waals surface area (Å²) in [7, 11) is -1.86. The number of amides is 1. The number of anilines is 1. The maximum absolute atomic E-state index is 15.9. The van der Waals surface area contributed by atoms with E-state index in [1.54, 1.807) is 0 Å². The monoisotopic (exact) mass is 792 g/mol. The van der Waals surface area contributed by atoms with Crippen molar-refractivity contribution >= 4 is 50.8 Å². The first-order valence-electron chi connectivity index (χ1n) is 15.2. The van der Waals surface area contributed by atoms with Crippen LogP contribution in [0.15, 0.2) is 94.9 Å². The molecule has 274 valence electrons. The van der Waals surface area contributed by atoms with E-state index in [-0.39, 0.29) is 21.7 Å². The van der Waals surface area contributed by atoms with E-state index in [1.165, 1.54) is 12.1 Å². The van der Waals surface area contributed by atoms with Gasteiger partial charge in [0.05, 0.1) is 40.3 Å². The molecule has 0 bridgehead atoms. The molecule has 1 amide bonds. The first kappa shape index (κ1) is 37.7. The van der Waals surface area contributed by atoms with Gasteiger partial charge in [-0.3, -0.25) is 4.79 Å². The lowest BCUT2D eigenvalue weighted by atomic mass is 9.51. The van der Waals surface area contributed by atoms with Crippen molar-refractivity contribution in [1.82, 2.24) is 0 Å². The Balaban J connectivity index is 1.91. The van der Waals surface area contributed by atoms with Gasteiger partial charge in [0.1, 0.15) is 17.0 Å². The van der Waals surface area contributed by atoms with Crippen molar-refractivity contribution in [3.05, 3.63) is 152 Å². The van der Waals surface area contributed by atoms with Crippen LogP contribution in [0.2, 0.25) is 10.0 Å². The van der Waals surface area contributed by atoms with E-state index in [4.69, 9.17) is 32.7 Å². The quantitative estimate of drug-likeness (QED) is 0.147. The summed E-state index contributed by atoms with van der Waals surface area (Å²) in [5.41, 5.74) is -6.63. The number of sulfone groups is 1. The molecule has 0 N–H and O–H groups in total. The smallest absolute Gasteiger partial charge is 0.264 e. The number of carbonyl (C=O) groups is 1. The summed E-state index contributed by atoms with van der Waals surface area (Å²) in [4.78, 5) is 15.5. The number of hydrogen-bond donors (Lipinski definition) is 0. The molecule has 0 saturated heterocycles. The van der Waals surface area contributed by atoms with Crippen molar-refractivity contribution in [1.29, 1.82) is 0 Å². The molecule has 0 radical (unpaired) electrons. The third-order valence-corrected chi connectivity index (χ3v) is 10.7. The van der Waals surface area contributed by atoms with Crippen molar-refractivity contribution in [2.45, 2.75) is 15.7 Å². The number of methoxy groups -OCH3 is 2. The predicted molar refractivity (Wildman–Crippen MR) is 186 cm³/mol. The van der Waals surface area contributed by atoms with Crippen molar-refractivity contribution in [2.75, 3.05) is 25.5 Å². The SMILES string of the molecule is COc1c(F)cc(C2(c3cc(F)c(OC)c(F)c3)C(=O)N(c3ccc(F)c(Cl)c3)N=CC2(c2ccc(S(C)(=O)=O)cc2)c2ccc(F)c(Cl)c2)cc1F. The Morgan fingerprint density at radius 2 is 1.08 bits per heavy atom. The summed E-state index contributed by atoms with van der Waals surface area (Å²) >= 11 is 12.4. The van der Waals surface area contributed by atoms with E-state index >= 15 is 22.4 Å². The summed E-state index contributed by atoms with van der Waals surface area (Å²) in [5, 5.41) is 4.10. The standard InChI is InChI=1S/C37H24Cl2F6N2O5S/c1-51-33-29(42)13-21(14-30(33)43)37(22-15-31(44)34(52-2)32(45)16-22)35(48)47(23-7-11-28(41)26(39)17-23)46-18-36(37,20-6-10-27(40)25(38)12-20)19-4-8-24(9-5-19)53(3,49)50/h4-18H,1-3H3. The highest BCUT2D eigenvalue weighted by atomic mass is 35.5. The number of hydrazone groups is 1. The fraction of sp³-hybridized carbons (Fsp3) is 0.135. The van der Waals surface area contributed by atoms with Crippen LogP contribution >= 0.6 is 23.2 Å². The highest BCUT2D eigenvalue weighted by molar-refractivity contribution is 7.90. The molecule has 1 unspecified atom stereocenters. The van der Waals surface area contributed by atoms with Gasteiger partial charge < -0.3 is 9.47 Å². The highest BCUT2D eigenvalue weighted by Gasteiger charge is 2.64. The third kappa shape index (κ3) is 5.98. The largest absolute Gasteiger partial charge is 0.491 e. The zero-order valence-corrected chi connectivity index (χ0v) is 29.9. The normalized spacial score (nSPS) is 16.9. The molecular weight excluding hydrogens is 769 g/mol. The maximum Gasteiger partial charge on any atom is 0.264 e. The molecule has 0 aliphatic carbocycles. The van der Waals surface area contributed by atoms with Gasteiger partial charge in [0, 0.05) is 12.5 Å². The summed E-state index contributed by atoms with van der Waals surface area (Å²) in [6, 6.07) is 13.8. The molecule has 0 saturated carbocycles. The molecule has 1 aliphatic heterocycles. The Kier molecular flexibility index (Phi) is 9.77. The van der Waals surface area contributed by atoms with Crippen molar-refractivity contribution in [3.63, 3.8) is 0 Å². The van der Waals surface area contributed by atoms with Gasteiger partial charge in [-0.25, -0.2) is 34.8 Å². The Hall–Kier alpha value is -5.05. The minimum atomic E-state index is -3.83. The number of rotatable bonds is 8. The zero-order valence-electron chi connectivity index (χ0n) is 27.5. The number of nitrogens with zero attached hydrogens (tertiary/aromatic N) is 2. The van der Waals surface area contributed by atoms with Crippen LogP contribution in [0.3, 0.4) is 0 Å². The molecule has 1 heterocycles. The molecule has 1 atom stereocenters. The van der Waals surface area contributed by atoms with Gasteiger partial charge in [0.15, 0.2) is 44.6 Å². The van der Waals surface area contributed by atoms with Gasteiger partial charge in [-0.1, -0.05) is 41.4 Å². The summed E-state index contributed by atoms with van der Waals surface area (Å²) in [6.45, 7) is 0. The van der Waals surface area contributed by atoms with Crippen LogP contribution in [0.1, 0.15) is 22.3 Å². The minimum Gasteiger partial charge on any atom is -0.491 e. The topological polar surface area (TPSA) is 85.3 Å². The van der Waals surface area contributed by atoms with Crippen LogP contribution in [0.5, 0.6) is 11.5 Å². The van der Waals surface area contributed by atoms with Crippen molar-refractivity contribution in [2.24, 2.45) is 5.10 Å². The second-order valence-electron chi connectivity index (χ2n) is 11.9. The lowest BCUT2D eigenvalue weighted by Gasteiger charge is -2.52. The number of halogens is 8. The van der Waals surface area contributed by atoms with Crippen LogP contribution < -0.4 is 14.5 Å². The van der Waals surface area contributed by atoms with Gasteiger partial charge in [0.25, 0.3) is 5.91 Å². The van der Waals surface area contributed by atoms with Crippen LogP contribution in [-0.4, -0.2) is 41.0 Å². The number of carbonyl (C=O) groups excluding carboxylic acids is 1. The lowest BCUT2D eigenvalue weighted by molar-refractivity contribution is -0.124. The van der Waals surface area contributed by atoms with Crippen LogP contribution in [0.4, 0.5) is 32.0 Å². The molecule has 6 rings (SSSR count). The second-order valence-corrected chi connectivity index (χ2v) is 14.7. The molecule has 0 spiro atoms. The lowest BCUT2D eigenvalue weighted by Crippen LogP contribution is -2.63. The Morgan fingerprint density at radius 3 is 1.51 bits per heavy atom. The first-order chi connectivity index (χ1) is 25.0. The van der Waals surface area contributed by atoms with E-state index in [0.717, 1.165) is 75.2 Å². The van der Waals surface area contributed by atoms with Crippen LogP contribution in [0, 0.1) is 34.9 Å². The number of hydrogen-bond acceptors (Lipinski definition) is 6. The fourth-order valence-corrected chi connectivity index (χ4v) is 7.67. The molecule has 0 fully saturated rings. The molecule has 7 nitrogen and oxygen atoms in total. The van der Waals surface area contributed by atoms with Gasteiger partial charge in [0.2, 0.25) is 0 Å². The molecule has 1 aliphatic rings. The van der Waals surface area contributed by atoms with Gasteiger partial charge in [-0.15, -0.1) is 0 Å². The van der Waals surface area contributed by atoms with Gasteiger partial charge >= 0.3 is 0 Å². The molecule has 5 aromatic carbocycles. The molecule has 5 aromatic rings. The molecule has 16 heteroatoms. The molecule has 53 heavy (non-hydrogen) atoms. The van der Waals surface area contributed by atoms with E-state index < -0.39 is 94.1 Å². The first-order valence-corrected chi connectivity index (χ1v) is 17.8. The van der Waals surface area contributed by atoms with E-state index in [9.17, 15) is 17.2 Å². The molecular formula is C37H24Cl2F6N2O5S. The van der Waals surface area contributed by atoms with Gasteiger partial charge in [-0.05, 0) is 89.0 Å². The summed E-state index contributed by atoms with van der Waals surface area (Å²) < 4.78 is 128. The van der Waals surface area contributed by atoms with Gasteiger partial charge in [-0.2, -0.15) is 10.1 Å². The maximum atomic E-state index is 15.9. The van der Waals surface area contributed by atoms with E-state index in [1.807, 2.05) is 0 Å². The molecule has 0 aromatic heterocycles. The third-order valence-electron chi connectivity index (χ3n) is 9.00. The van der Waals surface area contributed by atoms with Crippen LogP contribution in [0.25, 0.3) is 0 Å². The number of benzene rings is 5. The summed E-state index contributed by atoms with van der Waals surface area (Å²) in [6.07, 6.45) is 2.02. The fourth-order valence-electron chi connectivity index (χ4n) is 6.69. The predicted octanol–water partition coefficient (Wildman–Crippen LogP) is 8.55. The summed E-state index contributed by atoms with van der Waals surface area (Å²) in [5.74, 6) is -10.2. The number of ether oxygens (including phenoxy) is 2. The zero-order chi connectivity index (χ0) is 38.6. The van der Waals surface area contributed by atoms with E-state index in [0.29, 0.717) is 29.3 Å². The Labute approximate surface area is 308 Å². The van der Waals surface area contributed by atoms with Crippen LogP contribution in [-0.2, 0) is 25.5 Å². The average Bonchev–Trinajstić information content (AvgIpc) is 3.10. The highest BCUT2D eigenvalue weighted by Crippen LogP contribution is 2.57. The Bertz CT molecular complexity index is 2340. The van der Waals surface area contributed by atoms with Crippen molar-refractivity contribution < 1.29 is 49.0 Å². The Morgan fingerprint density at radius 1 is 0.623 bits per heavy atom. The van der Waals surface area contributed by atoms with E-state index in [2.05, 4.69) is 5.10 Å². The average molecular weight is 794 g/mol.